The molecule has 8 nitrogen and oxygen atoms in total. The maximum atomic E-state index is 13.3. The topological polar surface area (TPSA) is 87.5 Å². The second-order valence-corrected chi connectivity index (χ2v) is 9.53. The number of amides is 1. The fraction of sp³-hybridized carbons (Fsp3) is 0.500. The van der Waals surface area contributed by atoms with Crippen molar-refractivity contribution in [1.29, 1.82) is 0 Å². The average molecular weight is 454 g/mol. The highest BCUT2D eigenvalue weighted by molar-refractivity contribution is 7.89. The Balaban J connectivity index is 1.80. The lowest BCUT2D eigenvalue weighted by Gasteiger charge is -2.35. The maximum Gasteiger partial charge on any atom is 0.263 e. The third kappa shape index (κ3) is 4.96. The Labute approximate surface area is 182 Å². The van der Waals surface area contributed by atoms with E-state index in [9.17, 15) is 13.2 Å². The minimum absolute atomic E-state index is 0.106. The number of anilines is 1. The van der Waals surface area contributed by atoms with E-state index in [4.69, 9.17) is 11.6 Å². The summed E-state index contributed by atoms with van der Waals surface area (Å²) < 4.78 is 29.6. The van der Waals surface area contributed by atoms with Gasteiger partial charge in [0.25, 0.3) is 15.9 Å². The molecule has 30 heavy (non-hydrogen) atoms. The Morgan fingerprint density at radius 1 is 1.17 bits per heavy atom. The number of hydrogen-bond acceptors (Lipinski definition) is 5. The average Bonchev–Trinajstić information content (AvgIpc) is 3.17. The molecule has 1 aromatic heterocycles. The van der Waals surface area contributed by atoms with Crippen LogP contribution in [0.5, 0.6) is 0 Å². The number of hydrogen-bond donors (Lipinski definition) is 1. The number of piperazine rings is 1. The molecule has 1 aliphatic heterocycles. The van der Waals surface area contributed by atoms with Crippen LogP contribution in [0.15, 0.2) is 35.5 Å². The van der Waals surface area contributed by atoms with Crippen LogP contribution in [0, 0.1) is 0 Å². The van der Waals surface area contributed by atoms with Gasteiger partial charge in [-0.3, -0.25) is 9.48 Å². The second-order valence-electron chi connectivity index (χ2n) is 7.24. The number of sulfonamides is 1. The van der Waals surface area contributed by atoms with Gasteiger partial charge in [-0.15, -0.1) is 0 Å². The van der Waals surface area contributed by atoms with Crippen molar-refractivity contribution in [2.45, 2.75) is 38.3 Å². The minimum Gasteiger partial charge on any atom is -0.369 e. The molecule has 0 unspecified atom stereocenters. The minimum atomic E-state index is -3.89. The molecular weight excluding hydrogens is 426 g/mol. The summed E-state index contributed by atoms with van der Waals surface area (Å²) in [5.74, 6) is -0.407. The summed E-state index contributed by atoms with van der Waals surface area (Å²) in [6.07, 6.45) is 3.08. The maximum absolute atomic E-state index is 13.3. The predicted molar refractivity (Wildman–Crippen MR) is 118 cm³/mol. The number of carbonyl (C=O) groups excluding carboxylic acids is 1. The standard InChI is InChI=1S/C20H28ClN5O3S/c1-3-8-22-19(27)18-15-25(9-4-2)23-20(18)30(28,29)26-12-10-24(11-13-26)17-7-5-6-16(21)14-17/h5-7,14-15H,3-4,8-13H2,1-2H3,(H,22,27). The van der Waals surface area contributed by atoms with Crippen molar-refractivity contribution in [3.8, 4) is 0 Å². The number of carbonyl (C=O) groups is 1. The Morgan fingerprint density at radius 2 is 1.90 bits per heavy atom. The highest BCUT2D eigenvalue weighted by Gasteiger charge is 2.34. The lowest BCUT2D eigenvalue weighted by atomic mass is 10.2. The molecule has 164 valence electrons. The number of aryl methyl sites for hydroxylation is 1. The zero-order valence-electron chi connectivity index (χ0n) is 17.3. The van der Waals surface area contributed by atoms with Crippen LogP contribution in [-0.2, 0) is 16.6 Å². The van der Waals surface area contributed by atoms with Crippen LogP contribution in [0.2, 0.25) is 5.02 Å². The van der Waals surface area contributed by atoms with Crippen LogP contribution in [0.1, 0.15) is 37.0 Å². The van der Waals surface area contributed by atoms with Crippen LogP contribution in [0.3, 0.4) is 0 Å². The Bertz CT molecular complexity index is 984. The molecule has 3 rings (SSSR count). The molecule has 0 aliphatic carbocycles. The molecule has 2 heterocycles. The van der Waals surface area contributed by atoms with Crippen molar-refractivity contribution < 1.29 is 13.2 Å². The molecule has 1 fully saturated rings. The monoisotopic (exact) mass is 453 g/mol. The Kier molecular flexibility index (Phi) is 7.38. The van der Waals surface area contributed by atoms with E-state index in [1.807, 2.05) is 38.1 Å². The number of halogens is 1. The van der Waals surface area contributed by atoms with Gasteiger partial charge in [-0.05, 0) is 31.0 Å². The van der Waals surface area contributed by atoms with E-state index < -0.39 is 15.9 Å². The van der Waals surface area contributed by atoms with Crippen LogP contribution in [0.25, 0.3) is 0 Å². The largest absolute Gasteiger partial charge is 0.369 e. The van der Waals surface area contributed by atoms with Gasteiger partial charge in [0.1, 0.15) is 0 Å². The van der Waals surface area contributed by atoms with Crippen LogP contribution in [0.4, 0.5) is 5.69 Å². The first kappa shape index (κ1) is 22.6. The fourth-order valence-electron chi connectivity index (χ4n) is 3.41. The molecule has 0 saturated carbocycles. The summed E-state index contributed by atoms with van der Waals surface area (Å²) in [7, 11) is -3.89. The molecule has 10 heteroatoms. The molecule has 1 aliphatic rings. The van der Waals surface area contributed by atoms with Gasteiger partial charge in [-0.1, -0.05) is 31.5 Å². The summed E-state index contributed by atoms with van der Waals surface area (Å²) in [4.78, 5) is 14.7. The van der Waals surface area contributed by atoms with Gasteiger partial charge >= 0.3 is 0 Å². The van der Waals surface area contributed by atoms with Crippen LogP contribution >= 0.6 is 11.6 Å². The molecule has 1 amide bonds. The number of nitrogens with one attached hydrogen (secondary N) is 1. The number of benzene rings is 1. The smallest absolute Gasteiger partial charge is 0.263 e. The normalized spacial score (nSPS) is 15.4. The van der Waals surface area contributed by atoms with Gasteiger partial charge in [-0.2, -0.15) is 9.40 Å². The molecule has 0 atom stereocenters. The summed E-state index contributed by atoms with van der Waals surface area (Å²) in [6.45, 7) is 6.64. The molecule has 1 saturated heterocycles. The summed E-state index contributed by atoms with van der Waals surface area (Å²) in [5, 5.41) is 7.50. The van der Waals surface area contributed by atoms with Crippen molar-refractivity contribution in [1.82, 2.24) is 19.4 Å². The van der Waals surface area contributed by atoms with Gasteiger partial charge in [0, 0.05) is 56.2 Å². The molecular formula is C20H28ClN5O3S. The third-order valence-electron chi connectivity index (χ3n) is 4.96. The van der Waals surface area contributed by atoms with E-state index in [0.29, 0.717) is 44.3 Å². The van der Waals surface area contributed by atoms with Crippen molar-refractivity contribution in [2.75, 3.05) is 37.6 Å². The van der Waals surface area contributed by atoms with Crippen LogP contribution in [-0.4, -0.2) is 61.1 Å². The van der Waals surface area contributed by atoms with Crippen molar-refractivity contribution >= 4 is 33.2 Å². The molecule has 1 aromatic carbocycles. The van der Waals surface area contributed by atoms with E-state index in [1.165, 1.54) is 15.2 Å². The summed E-state index contributed by atoms with van der Waals surface area (Å²) in [5.41, 5.74) is 1.07. The quantitative estimate of drug-likeness (QED) is 0.663. The molecule has 0 bridgehead atoms. The van der Waals surface area contributed by atoms with E-state index in [1.54, 1.807) is 0 Å². The lowest BCUT2D eigenvalue weighted by molar-refractivity contribution is 0.0950. The van der Waals surface area contributed by atoms with Gasteiger partial charge in [0.2, 0.25) is 5.03 Å². The van der Waals surface area contributed by atoms with Gasteiger partial charge < -0.3 is 10.2 Å². The second kappa shape index (κ2) is 9.80. The lowest BCUT2D eigenvalue weighted by Crippen LogP contribution is -2.49. The SMILES string of the molecule is CCCNC(=O)c1cn(CCC)nc1S(=O)(=O)N1CCN(c2cccc(Cl)c2)CC1. The molecule has 0 spiro atoms. The van der Waals surface area contributed by atoms with E-state index in [2.05, 4.69) is 15.3 Å². The third-order valence-corrected chi connectivity index (χ3v) is 7.03. The molecule has 0 radical (unpaired) electrons. The van der Waals surface area contributed by atoms with E-state index in [0.717, 1.165) is 18.5 Å². The van der Waals surface area contributed by atoms with Gasteiger partial charge in [0.15, 0.2) is 0 Å². The van der Waals surface area contributed by atoms with Crippen molar-refractivity contribution in [2.24, 2.45) is 0 Å². The summed E-state index contributed by atoms with van der Waals surface area (Å²) >= 11 is 6.08. The zero-order valence-corrected chi connectivity index (χ0v) is 18.9. The zero-order chi connectivity index (χ0) is 21.7. The van der Waals surface area contributed by atoms with Gasteiger partial charge in [0.05, 0.1) is 5.56 Å². The van der Waals surface area contributed by atoms with E-state index >= 15 is 0 Å². The van der Waals surface area contributed by atoms with Gasteiger partial charge in [-0.25, -0.2) is 8.42 Å². The number of rotatable bonds is 8. The van der Waals surface area contributed by atoms with Crippen molar-refractivity contribution in [3.63, 3.8) is 0 Å². The van der Waals surface area contributed by atoms with E-state index in [-0.39, 0.29) is 10.6 Å². The van der Waals surface area contributed by atoms with Crippen molar-refractivity contribution in [3.05, 3.63) is 41.0 Å². The summed E-state index contributed by atoms with van der Waals surface area (Å²) in [6, 6.07) is 7.51. The highest BCUT2D eigenvalue weighted by Crippen LogP contribution is 2.24. The molecule has 1 N–H and O–H groups in total. The first-order valence-electron chi connectivity index (χ1n) is 10.2. The predicted octanol–water partition coefficient (Wildman–Crippen LogP) is 2.60. The first-order chi connectivity index (χ1) is 14.4. The number of aromatic nitrogens is 2. The number of nitrogens with zero attached hydrogens (tertiary/aromatic N) is 4. The fourth-order valence-corrected chi connectivity index (χ4v) is 5.11. The first-order valence-corrected chi connectivity index (χ1v) is 12.0. The highest BCUT2D eigenvalue weighted by atomic mass is 35.5. The molecule has 2 aromatic rings. The van der Waals surface area contributed by atoms with Crippen LogP contribution < -0.4 is 10.2 Å². The Morgan fingerprint density at radius 3 is 2.53 bits per heavy atom. The Hall–Kier alpha value is -2.10.